The number of carboxylic acids is 1. The van der Waals surface area contributed by atoms with Crippen LogP contribution in [0.1, 0.15) is 12.0 Å². The highest BCUT2D eigenvalue weighted by Gasteiger charge is 2.12. The highest BCUT2D eigenvalue weighted by atomic mass is 35.5. The second-order valence-corrected chi connectivity index (χ2v) is 5.07. The molecule has 5 heteroatoms. The molecule has 3 nitrogen and oxygen atoms in total. The first-order chi connectivity index (χ1) is 10.1. The molecule has 21 heavy (non-hydrogen) atoms. The van der Waals surface area contributed by atoms with Crippen molar-refractivity contribution in [2.24, 2.45) is 0 Å². The molecule has 2 aromatic carbocycles. The maximum atomic E-state index is 13.8. The second-order valence-electron chi connectivity index (χ2n) is 4.63. The molecule has 0 saturated heterocycles. The average Bonchev–Trinajstić information content (AvgIpc) is 2.46. The number of anilines is 1. The Morgan fingerprint density at radius 1 is 1.14 bits per heavy atom. The molecule has 0 unspecified atom stereocenters. The lowest BCUT2D eigenvalue weighted by molar-refractivity contribution is -0.136. The Labute approximate surface area is 127 Å². The van der Waals surface area contributed by atoms with Gasteiger partial charge in [0, 0.05) is 29.4 Å². The van der Waals surface area contributed by atoms with Gasteiger partial charge in [-0.1, -0.05) is 29.8 Å². The number of benzene rings is 2. The van der Waals surface area contributed by atoms with E-state index in [1.54, 1.807) is 42.5 Å². The number of hydrogen-bond acceptors (Lipinski definition) is 2. The number of carbonyl (C=O) groups is 1. The molecule has 0 aliphatic rings. The largest absolute Gasteiger partial charge is 0.481 e. The molecule has 0 saturated carbocycles. The van der Waals surface area contributed by atoms with Gasteiger partial charge in [-0.2, -0.15) is 0 Å². The van der Waals surface area contributed by atoms with Gasteiger partial charge in [0.1, 0.15) is 5.82 Å². The van der Waals surface area contributed by atoms with Crippen molar-refractivity contribution in [2.75, 3.05) is 11.4 Å². The van der Waals surface area contributed by atoms with Gasteiger partial charge in [-0.25, -0.2) is 4.39 Å². The third-order valence-electron chi connectivity index (χ3n) is 3.11. The predicted molar refractivity (Wildman–Crippen MR) is 81.2 cm³/mol. The summed E-state index contributed by atoms with van der Waals surface area (Å²) < 4.78 is 13.8. The van der Waals surface area contributed by atoms with Crippen molar-refractivity contribution in [3.8, 4) is 0 Å². The van der Waals surface area contributed by atoms with Crippen molar-refractivity contribution in [1.82, 2.24) is 0 Å². The van der Waals surface area contributed by atoms with Crippen molar-refractivity contribution in [3.05, 3.63) is 64.9 Å². The molecule has 1 N–H and O–H groups in total. The lowest BCUT2D eigenvalue weighted by atomic mass is 10.1. The molecule has 0 heterocycles. The van der Waals surface area contributed by atoms with Crippen LogP contribution in [0.2, 0.25) is 5.02 Å². The lowest BCUT2D eigenvalue weighted by Crippen LogP contribution is -2.26. The first-order valence-electron chi connectivity index (χ1n) is 6.52. The topological polar surface area (TPSA) is 40.5 Å². The van der Waals surface area contributed by atoms with Gasteiger partial charge in [0.2, 0.25) is 0 Å². The van der Waals surface area contributed by atoms with Crippen LogP contribution in [0.3, 0.4) is 0 Å². The van der Waals surface area contributed by atoms with Gasteiger partial charge in [0.25, 0.3) is 0 Å². The molecule has 0 aliphatic heterocycles. The standard InChI is InChI=1S/C16H15ClFNO2/c17-13-5-7-14(8-6-13)19(10-9-16(20)21)11-12-3-1-2-4-15(12)18/h1-8H,9-11H2,(H,20,21). The maximum absolute atomic E-state index is 13.8. The fourth-order valence-electron chi connectivity index (χ4n) is 2.01. The molecule has 0 amide bonds. The third kappa shape index (κ3) is 4.46. The minimum absolute atomic E-state index is 0.0168. The molecule has 2 rings (SSSR count). The summed E-state index contributed by atoms with van der Waals surface area (Å²) in [7, 11) is 0. The molecule has 0 aromatic heterocycles. The summed E-state index contributed by atoms with van der Waals surface area (Å²) in [6, 6.07) is 13.5. The van der Waals surface area contributed by atoms with Gasteiger partial charge in [-0.05, 0) is 30.3 Å². The summed E-state index contributed by atoms with van der Waals surface area (Å²) in [4.78, 5) is 12.6. The van der Waals surface area contributed by atoms with Crippen LogP contribution < -0.4 is 4.90 Å². The van der Waals surface area contributed by atoms with E-state index in [2.05, 4.69) is 0 Å². The maximum Gasteiger partial charge on any atom is 0.305 e. The molecule has 2 aromatic rings. The smallest absolute Gasteiger partial charge is 0.305 e. The van der Waals surface area contributed by atoms with Crippen LogP contribution in [-0.2, 0) is 11.3 Å². The van der Waals surface area contributed by atoms with E-state index >= 15 is 0 Å². The highest BCUT2D eigenvalue weighted by Crippen LogP contribution is 2.21. The van der Waals surface area contributed by atoms with Crippen molar-refractivity contribution in [2.45, 2.75) is 13.0 Å². The van der Waals surface area contributed by atoms with Crippen LogP contribution in [0.15, 0.2) is 48.5 Å². The van der Waals surface area contributed by atoms with Crippen LogP contribution in [0.4, 0.5) is 10.1 Å². The predicted octanol–water partition coefficient (Wildman–Crippen LogP) is 3.96. The molecule has 0 atom stereocenters. The van der Waals surface area contributed by atoms with Crippen molar-refractivity contribution < 1.29 is 14.3 Å². The van der Waals surface area contributed by atoms with E-state index in [0.29, 0.717) is 23.7 Å². The second kappa shape index (κ2) is 7.09. The van der Waals surface area contributed by atoms with E-state index < -0.39 is 5.97 Å². The Hall–Kier alpha value is -2.07. The van der Waals surface area contributed by atoms with Gasteiger partial charge < -0.3 is 10.0 Å². The Morgan fingerprint density at radius 3 is 2.43 bits per heavy atom. The van der Waals surface area contributed by atoms with Gasteiger partial charge in [-0.15, -0.1) is 0 Å². The fraction of sp³-hybridized carbons (Fsp3) is 0.188. The normalized spacial score (nSPS) is 10.4. The third-order valence-corrected chi connectivity index (χ3v) is 3.36. The number of carboxylic acid groups (broad SMARTS) is 1. The molecule has 0 spiro atoms. The Balaban J connectivity index is 2.21. The van der Waals surface area contributed by atoms with Gasteiger partial charge in [-0.3, -0.25) is 4.79 Å². The summed E-state index contributed by atoms with van der Waals surface area (Å²) in [6.45, 7) is 0.604. The van der Waals surface area contributed by atoms with Crippen LogP contribution in [0.25, 0.3) is 0 Å². The van der Waals surface area contributed by atoms with E-state index in [0.717, 1.165) is 5.69 Å². The summed E-state index contributed by atoms with van der Waals surface area (Å²) in [6.07, 6.45) is -0.0168. The summed E-state index contributed by atoms with van der Waals surface area (Å²) >= 11 is 5.86. The summed E-state index contributed by atoms with van der Waals surface area (Å²) in [5.74, 6) is -1.19. The first-order valence-corrected chi connectivity index (χ1v) is 6.90. The molecular weight excluding hydrogens is 293 g/mol. The zero-order chi connectivity index (χ0) is 15.2. The highest BCUT2D eigenvalue weighted by molar-refractivity contribution is 6.30. The van der Waals surface area contributed by atoms with Gasteiger partial charge in [0.05, 0.1) is 6.42 Å². The molecule has 110 valence electrons. The van der Waals surface area contributed by atoms with Crippen LogP contribution >= 0.6 is 11.6 Å². The van der Waals surface area contributed by atoms with E-state index in [4.69, 9.17) is 16.7 Å². The number of aliphatic carboxylic acids is 1. The number of rotatable bonds is 6. The zero-order valence-corrected chi connectivity index (χ0v) is 12.1. The summed E-state index contributed by atoms with van der Waals surface area (Å²) in [5, 5.41) is 9.45. The van der Waals surface area contributed by atoms with Gasteiger partial charge >= 0.3 is 5.97 Å². The fourth-order valence-corrected chi connectivity index (χ4v) is 2.14. The Morgan fingerprint density at radius 2 is 1.81 bits per heavy atom. The number of hydrogen-bond donors (Lipinski definition) is 1. The van der Waals surface area contributed by atoms with Crippen molar-refractivity contribution in [1.29, 1.82) is 0 Å². The van der Waals surface area contributed by atoms with Crippen LogP contribution in [0.5, 0.6) is 0 Å². The molecular formula is C16H15ClFNO2. The molecule has 0 fully saturated rings. The Kier molecular flexibility index (Phi) is 5.17. The quantitative estimate of drug-likeness (QED) is 0.878. The summed E-state index contributed by atoms with van der Waals surface area (Å²) in [5.41, 5.74) is 1.33. The Bertz CT molecular complexity index is 616. The zero-order valence-electron chi connectivity index (χ0n) is 11.3. The molecule has 0 radical (unpaired) electrons. The van der Waals surface area contributed by atoms with Crippen LogP contribution in [-0.4, -0.2) is 17.6 Å². The van der Waals surface area contributed by atoms with Gasteiger partial charge in [0.15, 0.2) is 0 Å². The van der Waals surface area contributed by atoms with Crippen molar-refractivity contribution in [3.63, 3.8) is 0 Å². The molecule has 0 aliphatic carbocycles. The molecule has 0 bridgehead atoms. The van der Waals surface area contributed by atoms with Crippen molar-refractivity contribution >= 4 is 23.3 Å². The minimum atomic E-state index is -0.887. The monoisotopic (exact) mass is 307 g/mol. The minimum Gasteiger partial charge on any atom is -0.481 e. The number of halogens is 2. The van der Waals surface area contributed by atoms with E-state index in [9.17, 15) is 9.18 Å². The first kappa shape index (κ1) is 15.3. The number of nitrogens with zero attached hydrogens (tertiary/aromatic N) is 1. The van der Waals surface area contributed by atoms with E-state index in [-0.39, 0.29) is 12.2 Å². The van der Waals surface area contributed by atoms with E-state index in [1.165, 1.54) is 6.07 Å². The SMILES string of the molecule is O=C(O)CCN(Cc1ccccc1F)c1ccc(Cl)cc1. The average molecular weight is 308 g/mol. The van der Waals surface area contributed by atoms with E-state index in [1.807, 2.05) is 4.90 Å². The lowest BCUT2D eigenvalue weighted by Gasteiger charge is -2.24. The van der Waals surface area contributed by atoms with Crippen LogP contribution in [0, 0.1) is 5.82 Å².